The first-order chi connectivity index (χ1) is 12.0. The van der Waals surface area contributed by atoms with E-state index in [0.29, 0.717) is 26.1 Å². The number of aryl methyl sites for hydroxylation is 1. The molecule has 2 aromatic rings. The predicted molar refractivity (Wildman–Crippen MR) is 96.9 cm³/mol. The number of amides is 2. The molecule has 0 aliphatic carbocycles. The average Bonchev–Trinajstić information content (AvgIpc) is 3.26. The van der Waals surface area contributed by atoms with Crippen LogP contribution in [0.2, 0.25) is 0 Å². The van der Waals surface area contributed by atoms with Gasteiger partial charge >= 0.3 is 6.09 Å². The second-order valence-corrected chi connectivity index (χ2v) is 7.92. The molecule has 0 saturated carbocycles. The molecular formula is C19H20N2O3S. The lowest BCUT2D eigenvalue weighted by molar-refractivity contribution is 0.0555. The van der Waals surface area contributed by atoms with Crippen LogP contribution in [-0.4, -0.2) is 54.1 Å². The number of rotatable bonds is 2. The Morgan fingerprint density at radius 2 is 2.00 bits per heavy atom. The minimum Gasteiger partial charge on any atom is -0.439 e. The first kappa shape index (κ1) is 16.1. The van der Waals surface area contributed by atoms with Gasteiger partial charge in [0.15, 0.2) is 5.60 Å². The lowest BCUT2D eigenvalue weighted by atomic mass is 10.0. The number of carbonyl (C=O) groups is 2. The largest absolute Gasteiger partial charge is 0.439 e. The second kappa shape index (κ2) is 5.88. The first-order valence-corrected chi connectivity index (χ1v) is 9.18. The highest BCUT2D eigenvalue weighted by molar-refractivity contribution is 7.17. The average molecular weight is 356 g/mol. The summed E-state index contributed by atoms with van der Waals surface area (Å²) in [4.78, 5) is 29.9. The monoisotopic (exact) mass is 356 g/mol. The fourth-order valence-electron chi connectivity index (χ4n) is 3.64. The quantitative estimate of drug-likeness (QED) is 0.829. The number of hydrogen-bond donors (Lipinski definition) is 0. The van der Waals surface area contributed by atoms with E-state index in [1.807, 2.05) is 36.1 Å². The summed E-state index contributed by atoms with van der Waals surface area (Å²) in [5.41, 5.74) is 1.71. The van der Waals surface area contributed by atoms with E-state index in [0.717, 1.165) is 20.9 Å². The lowest BCUT2D eigenvalue weighted by Gasteiger charge is -2.21. The fraction of sp³-hybridized carbons (Fsp3) is 0.368. The molecule has 1 aromatic heterocycles. The molecule has 4 rings (SSSR count). The molecule has 0 N–H and O–H groups in total. The molecule has 1 atom stereocenters. The van der Waals surface area contributed by atoms with Crippen LogP contribution in [0.5, 0.6) is 0 Å². The second-order valence-electron chi connectivity index (χ2n) is 6.87. The molecule has 1 spiro atoms. The van der Waals surface area contributed by atoms with Crippen LogP contribution in [0.4, 0.5) is 4.79 Å². The van der Waals surface area contributed by atoms with E-state index in [-0.39, 0.29) is 12.0 Å². The molecule has 6 heteroatoms. The number of likely N-dealkylation sites (N-methyl/N-ethyl adjacent to an activating group) is 1. The molecule has 1 aromatic carbocycles. The lowest BCUT2D eigenvalue weighted by Crippen LogP contribution is -2.38. The zero-order valence-electron chi connectivity index (χ0n) is 14.3. The van der Waals surface area contributed by atoms with Crippen molar-refractivity contribution >= 4 is 23.3 Å². The van der Waals surface area contributed by atoms with Gasteiger partial charge in [-0.1, -0.05) is 30.3 Å². The third-order valence-corrected chi connectivity index (χ3v) is 6.18. The number of carbonyl (C=O) groups excluding carboxylic acids is 2. The van der Waals surface area contributed by atoms with Crippen molar-refractivity contribution in [2.45, 2.75) is 18.9 Å². The Balaban J connectivity index is 1.54. The van der Waals surface area contributed by atoms with Gasteiger partial charge in [-0.2, -0.15) is 0 Å². The van der Waals surface area contributed by atoms with Gasteiger partial charge < -0.3 is 14.5 Å². The number of nitrogens with zero attached hydrogens (tertiary/aromatic N) is 2. The van der Waals surface area contributed by atoms with Crippen LogP contribution in [0, 0.1) is 6.92 Å². The van der Waals surface area contributed by atoms with Crippen molar-refractivity contribution in [1.29, 1.82) is 0 Å². The van der Waals surface area contributed by atoms with Crippen molar-refractivity contribution in [3.63, 3.8) is 0 Å². The maximum absolute atomic E-state index is 12.9. The van der Waals surface area contributed by atoms with Gasteiger partial charge in [0.1, 0.15) is 0 Å². The molecule has 2 saturated heterocycles. The molecule has 1 unspecified atom stereocenters. The summed E-state index contributed by atoms with van der Waals surface area (Å²) in [5.74, 6) is 0.0257. The van der Waals surface area contributed by atoms with Crippen molar-refractivity contribution in [3.05, 3.63) is 46.8 Å². The molecule has 2 fully saturated rings. The Hall–Kier alpha value is -2.34. The van der Waals surface area contributed by atoms with Gasteiger partial charge in [-0.3, -0.25) is 4.79 Å². The molecule has 2 aliphatic rings. The molecule has 130 valence electrons. The van der Waals surface area contributed by atoms with Gasteiger partial charge in [0.2, 0.25) is 0 Å². The Morgan fingerprint density at radius 3 is 2.68 bits per heavy atom. The van der Waals surface area contributed by atoms with Gasteiger partial charge in [-0.05, 0) is 24.1 Å². The molecular weight excluding hydrogens is 336 g/mol. The van der Waals surface area contributed by atoms with Gasteiger partial charge in [0, 0.05) is 24.9 Å². The SMILES string of the molecule is Cc1cc(C(=O)N2CCC3(CN(C)C(=O)O3)C2)sc1-c1ccccc1. The minimum atomic E-state index is -0.532. The number of ether oxygens (including phenoxy) is 1. The maximum atomic E-state index is 12.9. The zero-order valence-corrected chi connectivity index (χ0v) is 15.1. The van der Waals surface area contributed by atoms with Crippen molar-refractivity contribution in [3.8, 4) is 10.4 Å². The van der Waals surface area contributed by atoms with E-state index >= 15 is 0 Å². The summed E-state index contributed by atoms with van der Waals surface area (Å²) in [5, 5.41) is 0. The third-order valence-electron chi connectivity index (χ3n) is 4.91. The Morgan fingerprint density at radius 1 is 1.24 bits per heavy atom. The molecule has 0 bridgehead atoms. The standard InChI is InChI=1S/C19H20N2O3S/c1-13-10-15(25-16(13)14-6-4-3-5-7-14)17(22)21-9-8-19(12-21)11-20(2)18(23)24-19/h3-7,10H,8-9,11-12H2,1-2H3. The summed E-state index contributed by atoms with van der Waals surface area (Å²) >= 11 is 1.53. The Labute approximate surface area is 150 Å². The summed E-state index contributed by atoms with van der Waals surface area (Å²) in [6.45, 7) is 3.68. The Bertz CT molecular complexity index is 832. The summed E-state index contributed by atoms with van der Waals surface area (Å²) in [6.07, 6.45) is 0.401. The highest BCUT2D eigenvalue weighted by atomic mass is 32.1. The Kier molecular flexibility index (Phi) is 3.80. The maximum Gasteiger partial charge on any atom is 0.410 e. The number of benzene rings is 1. The van der Waals surface area contributed by atoms with Crippen LogP contribution in [0.1, 0.15) is 21.7 Å². The van der Waals surface area contributed by atoms with Crippen LogP contribution in [0.3, 0.4) is 0 Å². The van der Waals surface area contributed by atoms with Crippen molar-refractivity contribution in [2.75, 3.05) is 26.7 Å². The predicted octanol–water partition coefficient (Wildman–Crippen LogP) is 3.39. The van der Waals surface area contributed by atoms with Crippen molar-refractivity contribution in [1.82, 2.24) is 9.80 Å². The molecule has 2 aliphatic heterocycles. The zero-order chi connectivity index (χ0) is 17.6. The highest BCUT2D eigenvalue weighted by Gasteiger charge is 2.49. The highest BCUT2D eigenvalue weighted by Crippen LogP contribution is 2.36. The van der Waals surface area contributed by atoms with E-state index in [1.54, 1.807) is 11.9 Å². The van der Waals surface area contributed by atoms with Crippen LogP contribution < -0.4 is 0 Å². The van der Waals surface area contributed by atoms with Crippen molar-refractivity contribution in [2.24, 2.45) is 0 Å². The molecule has 25 heavy (non-hydrogen) atoms. The van der Waals surface area contributed by atoms with E-state index in [1.165, 1.54) is 11.3 Å². The van der Waals surface area contributed by atoms with E-state index in [4.69, 9.17) is 4.74 Å². The van der Waals surface area contributed by atoms with Crippen LogP contribution >= 0.6 is 11.3 Å². The first-order valence-electron chi connectivity index (χ1n) is 8.37. The van der Waals surface area contributed by atoms with E-state index in [2.05, 4.69) is 12.1 Å². The number of thiophene rings is 1. The number of likely N-dealkylation sites (tertiary alicyclic amines) is 1. The fourth-order valence-corrected chi connectivity index (χ4v) is 4.79. The summed E-state index contributed by atoms with van der Waals surface area (Å²) < 4.78 is 5.53. The molecule has 2 amide bonds. The van der Waals surface area contributed by atoms with Gasteiger partial charge in [-0.15, -0.1) is 11.3 Å². The normalized spacial score (nSPS) is 22.7. The number of hydrogen-bond acceptors (Lipinski definition) is 4. The van der Waals surface area contributed by atoms with E-state index < -0.39 is 5.60 Å². The minimum absolute atomic E-state index is 0.0257. The summed E-state index contributed by atoms with van der Waals surface area (Å²) in [6, 6.07) is 12.1. The topological polar surface area (TPSA) is 49.9 Å². The van der Waals surface area contributed by atoms with Crippen LogP contribution in [-0.2, 0) is 4.74 Å². The molecule has 0 radical (unpaired) electrons. The third kappa shape index (κ3) is 2.80. The molecule has 5 nitrogen and oxygen atoms in total. The van der Waals surface area contributed by atoms with Gasteiger partial charge in [0.05, 0.1) is 18.0 Å². The smallest absolute Gasteiger partial charge is 0.410 e. The van der Waals surface area contributed by atoms with Gasteiger partial charge in [-0.25, -0.2) is 4.79 Å². The van der Waals surface area contributed by atoms with Gasteiger partial charge in [0.25, 0.3) is 5.91 Å². The molecule has 3 heterocycles. The van der Waals surface area contributed by atoms with Crippen molar-refractivity contribution < 1.29 is 14.3 Å². The van der Waals surface area contributed by atoms with Crippen LogP contribution in [0.25, 0.3) is 10.4 Å². The van der Waals surface area contributed by atoms with Crippen LogP contribution in [0.15, 0.2) is 36.4 Å². The van der Waals surface area contributed by atoms with E-state index in [9.17, 15) is 9.59 Å². The summed E-state index contributed by atoms with van der Waals surface area (Å²) in [7, 11) is 1.73.